The molecule has 78 valence electrons. The van der Waals surface area contributed by atoms with Crippen molar-refractivity contribution in [1.29, 1.82) is 0 Å². The van der Waals surface area contributed by atoms with Crippen LogP contribution < -0.4 is 5.32 Å². The summed E-state index contributed by atoms with van der Waals surface area (Å²) in [5.74, 6) is 1.58. The number of nitrogens with one attached hydrogen (secondary N) is 1. The summed E-state index contributed by atoms with van der Waals surface area (Å²) in [5.41, 5.74) is 0.138. The van der Waals surface area contributed by atoms with Gasteiger partial charge in [-0.1, -0.05) is 24.9 Å². The van der Waals surface area contributed by atoms with Crippen molar-refractivity contribution in [3.05, 3.63) is 11.7 Å². The van der Waals surface area contributed by atoms with Gasteiger partial charge in [-0.15, -0.1) is 0 Å². The monoisotopic (exact) mass is 195 g/mol. The molecule has 1 saturated carbocycles. The molecule has 4 heteroatoms. The van der Waals surface area contributed by atoms with E-state index < -0.39 is 0 Å². The summed E-state index contributed by atoms with van der Waals surface area (Å²) in [6.45, 7) is 2.90. The van der Waals surface area contributed by atoms with E-state index in [2.05, 4.69) is 22.4 Å². The fraction of sp³-hybridized carbons (Fsp3) is 0.800. The van der Waals surface area contributed by atoms with Crippen LogP contribution in [0.1, 0.15) is 44.3 Å². The van der Waals surface area contributed by atoms with Gasteiger partial charge in [0.05, 0.1) is 6.54 Å². The molecule has 0 aliphatic heterocycles. The van der Waals surface area contributed by atoms with Crippen molar-refractivity contribution >= 4 is 0 Å². The van der Waals surface area contributed by atoms with Crippen LogP contribution in [0, 0.1) is 0 Å². The van der Waals surface area contributed by atoms with Crippen molar-refractivity contribution < 1.29 is 4.52 Å². The average Bonchev–Trinajstić information content (AvgIpc) is 2.75. The second-order valence-electron chi connectivity index (χ2n) is 4.31. The van der Waals surface area contributed by atoms with Crippen molar-refractivity contribution in [2.24, 2.45) is 0 Å². The van der Waals surface area contributed by atoms with E-state index in [1.54, 1.807) is 0 Å². The van der Waals surface area contributed by atoms with Crippen LogP contribution in [0.4, 0.5) is 0 Å². The van der Waals surface area contributed by atoms with E-state index >= 15 is 0 Å². The zero-order valence-electron chi connectivity index (χ0n) is 8.84. The first kappa shape index (κ1) is 9.65. The van der Waals surface area contributed by atoms with E-state index in [9.17, 15) is 0 Å². The first-order valence-electron chi connectivity index (χ1n) is 5.22. The highest BCUT2D eigenvalue weighted by Gasteiger charge is 2.35. The van der Waals surface area contributed by atoms with Crippen LogP contribution in [0.3, 0.4) is 0 Å². The van der Waals surface area contributed by atoms with Gasteiger partial charge >= 0.3 is 0 Å². The number of hydrogen-bond acceptors (Lipinski definition) is 4. The minimum absolute atomic E-state index is 0.138. The van der Waals surface area contributed by atoms with E-state index in [-0.39, 0.29) is 5.41 Å². The molecule has 0 atom stereocenters. The molecule has 0 bridgehead atoms. The van der Waals surface area contributed by atoms with Gasteiger partial charge in [0.2, 0.25) is 5.89 Å². The van der Waals surface area contributed by atoms with Gasteiger partial charge < -0.3 is 9.84 Å². The van der Waals surface area contributed by atoms with Crippen LogP contribution in [0.2, 0.25) is 0 Å². The van der Waals surface area contributed by atoms with Crippen molar-refractivity contribution in [2.45, 2.75) is 44.6 Å². The van der Waals surface area contributed by atoms with E-state index in [0.717, 1.165) is 11.7 Å². The predicted octanol–water partition coefficient (Wildman–Crippen LogP) is 1.62. The molecule has 0 spiro atoms. The largest absolute Gasteiger partial charge is 0.339 e. The summed E-state index contributed by atoms with van der Waals surface area (Å²) in [4.78, 5) is 4.41. The summed E-state index contributed by atoms with van der Waals surface area (Å²) in [7, 11) is 1.88. The molecule has 1 aliphatic carbocycles. The summed E-state index contributed by atoms with van der Waals surface area (Å²) in [6, 6.07) is 0. The van der Waals surface area contributed by atoms with Crippen LogP contribution in [0.15, 0.2) is 4.52 Å². The molecule has 0 aromatic carbocycles. The van der Waals surface area contributed by atoms with Gasteiger partial charge in [0.1, 0.15) is 0 Å². The first-order valence-corrected chi connectivity index (χ1v) is 5.22. The highest BCUT2D eigenvalue weighted by atomic mass is 16.5. The van der Waals surface area contributed by atoms with E-state index in [1.807, 2.05) is 7.05 Å². The molecule has 0 amide bonds. The Morgan fingerprint density at radius 1 is 1.43 bits per heavy atom. The van der Waals surface area contributed by atoms with E-state index in [4.69, 9.17) is 4.52 Å². The van der Waals surface area contributed by atoms with Gasteiger partial charge in [0.15, 0.2) is 5.82 Å². The highest BCUT2D eigenvalue weighted by Crippen LogP contribution is 2.39. The van der Waals surface area contributed by atoms with Crippen LogP contribution in [-0.2, 0) is 12.0 Å². The maximum Gasteiger partial charge on any atom is 0.232 e. The van der Waals surface area contributed by atoms with Gasteiger partial charge in [-0.05, 0) is 19.9 Å². The standard InChI is InChI=1S/C10H17N3O/c1-10(5-3-4-6-10)9-12-8(7-11-2)13-14-9/h11H,3-7H2,1-2H3. The fourth-order valence-corrected chi connectivity index (χ4v) is 2.10. The zero-order chi connectivity index (χ0) is 10.0. The Morgan fingerprint density at radius 3 is 2.79 bits per heavy atom. The number of nitrogens with zero attached hydrogens (tertiary/aromatic N) is 2. The number of rotatable bonds is 3. The number of aromatic nitrogens is 2. The van der Waals surface area contributed by atoms with Crippen molar-refractivity contribution in [3.8, 4) is 0 Å². The quantitative estimate of drug-likeness (QED) is 0.796. The molecule has 0 unspecified atom stereocenters. The van der Waals surface area contributed by atoms with Gasteiger partial charge in [0, 0.05) is 5.41 Å². The van der Waals surface area contributed by atoms with Crippen LogP contribution >= 0.6 is 0 Å². The van der Waals surface area contributed by atoms with Crippen molar-refractivity contribution in [2.75, 3.05) is 7.05 Å². The molecule has 14 heavy (non-hydrogen) atoms. The molecule has 2 rings (SSSR count). The lowest BCUT2D eigenvalue weighted by molar-refractivity contribution is 0.294. The fourth-order valence-electron chi connectivity index (χ4n) is 2.10. The molecule has 1 N–H and O–H groups in total. The van der Waals surface area contributed by atoms with Gasteiger partial charge in [-0.2, -0.15) is 4.98 Å². The first-order chi connectivity index (χ1) is 6.74. The summed E-state index contributed by atoms with van der Waals surface area (Å²) in [6.07, 6.45) is 4.91. The lowest BCUT2D eigenvalue weighted by Gasteiger charge is -2.16. The average molecular weight is 195 g/mol. The lowest BCUT2D eigenvalue weighted by Crippen LogP contribution is -2.17. The van der Waals surface area contributed by atoms with Crippen LogP contribution in [-0.4, -0.2) is 17.2 Å². The molecular formula is C10H17N3O. The molecule has 1 aromatic heterocycles. The third kappa shape index (κ3) is 1.66. The Labute approximate surface area is 84.1 Å². The second kappa shape index (κ2) is 3.69. The van der Waals surface area contributed by atoms with E-state index in [0.29, 0.717) is 6.54 Å². The molecule has 4 nitrogen and oxygen atoms in total. The SMILES string of the molecule is CNCc1noc(C2(C)CCCC2)n1. The second-order valence-corrected chi connectivity index (χ2v) is 4.31. The minimum Gasteiger partial charge on any atom is -0.339 e. The predicted molar refractivity (Wildman–Crippen MR) is 52.9 cm³/mol. The summed E-state index contributed by atoms with van der Waals surface area (Å²) < 4.78 is 5.30. The Morgan fingerprint density at radius 2 is 2.14 bits per heavy atom. The maximum atomic E-state index is 5.30. The minimum atomic E-state index is 0.138. The molecular weight excluding hydrogens is 178 g/mol. The third-order valence-electron chi connectivity index (χ3n) is 3.03. The molecule has 1 aliphatic rings. The smallest absolute Gasteiger partial charge is 0.232 e. The van der Waals surface area contributed by atoms with Crippen LogP contribution in [0.25, 0.3) is 0 Å². The van der Waals surface area contributed by atoms with E-state index in [1.165, 1.54) is 25.7 Å². The molecule has 1 heterocycles. The Balaban J connectivity index is 2.15. The Kier molecular flexibility index (Phi) is 2.54. The van der Waals surface area contributed by atoms with Gasteiger partial charge in [0.25, 0.3) is 0 Å². The Bertz CT molecular complexity index is 302. The molecule has 1 aromatic rings. The zero-order valence-corrected chi connectivity index (χ0v) is 8.84. The Hall–Kier alpha value is -0.900. The summed E-state index contributed by atoms with van der Waals surface area (Å²) >= 11 is 0. The van der Waals surface area contributed by atoms with Crippen LogP contribution in [0.5, 0.6) is 0 Å². The molecule has 0 saturated heterocycles. The topological polar surface area (TPSA) is 51.0 Å². The third-order valence-corrected chi connectivity index (χ3v) is 3.03. The van der Waals surface area contributed by atoms with Gasteiger partial charge in [-0.3, -0.25) is 0 Å². The highest BCUT2D eigenvalue weighted by molar-refractivity contribution is 5.05. The van der Waals surface area contributed by atoms with Crippen molar-refractivity contribution in [1.82, 2.24) is 15.5 Å². The number of hydrogen-bond donors (Lipinski definition) is 1. The van der Waals surface area contributed by atoms with Crippen molar-refractivity contribution in [3.63, 3.8) is 0 Å². The maximum absolute atomic E-state index is 5.30. The molecule has 1 fully saturated rings. The van der Waals surface area contributed by atoms with Gasteiger partial charge in [-0.25, -0.2) is 0 Å². The summed E-state index contributed by atoms with van der Waals surface area (Å²) in [5, 5.41) is 6.96. The normalized spacial score (nSPS) is 20.1. The molecule has 0 radical (unpaired) electrons. The lowest BCUT2D eigenvalue weighted by atomic mass is 9.89.